The van der Waals surface area contributed by atoms with Crippen LogP contribution in [0.3, 0.4) is 0 Å². The van der Waals surface area contributed by atoms with Crippen LogP contribution in [0, 0.1) is 0 Å². The number of thiol groups is 1. The van der Waals surface area contributed by atoms with Crippen molar-refractivity contribution < 1.29 is 14.7 Å². The van der Waals surface area contributed by atoms with E-state index in [0.717, 1.165) is 19.6 Å². The van der Waals surface area contributed by atoms with E-state index in [0.29, 0.717) is 18.4 Å². The van der Waals surface area contributed by atoms with E-state index in [1.54, 1.807) is 18.3 Å². The molecule has 0 radical (unpaired) electrons. The summed E-state index contributed by atoms with van der Waals surface area (Å²) in [5.74, 6) is -1.50. The van der Waals surface area contributed by atoms with Gasteiger partial charge in [-0.15, -0.1) is 0 Å². The summed E-state index contributed by atoms with van der Waals surface area (Å²) < 4.78 is -0.741. The lowest BCUT2D eigenvalue weighted by atomic mass is 9.87. The molecular weight excluding hydrogens is 302 g/mol. The molecule has 1 atom stereocenters. The van der Waals surface area contributed by atoms with Crippen molar-refractivity contribution in [1.82, 2.24) is 15.2 Å². The van der Waals surface area contributed by atoms with Crippen LogP contribution in [0.15, 0.2) is 24.5 Å². The van der Waals surface area contributed by atoms with E-state index in [1.807, 2.05) is 0 Å². The molecule has 2 rings (SSSR count). The third-order valence-corrected chi connectivity index (χ3v) is 4.86. The second-order valence-corrected chi connectivity index (χ2v) is 6.41. The standard InChI is InChI=1S/C15H21N3O3S/c1-2-18-8-5-15(22,6-9-18)12(14(20)21)17-13(19)11-4-3-7-16-10-11/h3-4,7,10,12,22H,2,5-6,8-9H2,1H3,(H,17,19)(H,20,21)/t12-/m1/s1. The van der Waals surface area contributed by atoms with Crippen LogP contribution >= 0.6 is 12.6 Å². The van der Waals surface area contributed by atoms with Crippen molar-refractivity contribution in [2.24, 2.45) is 0 Å². The Morgan fingerprint density at radius 3 is 2.68 bits per heavy atom. The lowest BCUT2D eigenvalue weighted by Gasteiger charge is -2.41. The first kappa shape index (κ1) is 16.8. The molecule has 1 aromatic rings. The minimum atomic E-state index is -1.06. The Labute approximate surface area is 135 Å². The third-order valence-electron chi connectivity index (χ3n) is 4.15. The smallest absolute Gasteiger partial charge is 0.327 e. The second kappa shape index (κ2) is 7.11. The lowest BCUT2D eigenvalue weighted by Crippen LogP contribution is -2.58. The molecule has 6 nitrogen and oxygen atoms in total. The Balaban J connectivity index is 2.10. The number of piperidine rings is 1. The zero-order valence-electron chi connectivity index (χ0n) is 12.5. The fourth-order valence-corrected chi connectivity index (χ4v) is 3.06. The summed E-state index contributed by atoms with van der Waals surface area (Å²) >= 11 is 4.61. The van der Waals surface area contributed by atoms with Crippen LogP contribution in [0.5, 0.6) is 0 Å². The molecule has 1 aromatic heterocycles. The van der Waals surface area contributed by atoms with Crippen LogP contribution in [-0.2, 0) is 4.79 Å². The molecule has 0 bridgehead atoms. The minimum Gasteiger partial charge on any atom is -0.480 e. The number of hydrogen-bond acceptors (Lipinski definition) is 5. The van der Waals surface area contributed by atoms with Crippen molar-refractivity contribution in [2.75, 3.05) is 19.6 Å². The van der Waals surface area contributed by atoms with Crippen LogP contribution in [-0.4, -0.2) is 57.3 Å². The van der Waals surface area contributed by atoms with Crippen molar-refractivity contribution in [3.63, 3.8) is 0 Å². The van der Waals surface area contributed by atoms with Gasteiger partial charge >= 0.3 is 5.97 Å². The van der Waals surface area contributed by atoms with Crippen LogP contribution in [0.1, 0.15) is 30.1 Å². The first-order valence-electron chi connectivity index (χ1n) is 7.34. The highest BCUT2D eigenvalue weighted by atomic mass is 32.1. The summed E-state index contributed by atoms with van der Waals surface area (Å²) in [6.07, 6.45) is 4.22. The van der Waals surface area contributed by atoms with E-state index in [2.05, 4.69) is 34.8 Å². The minimum absolute atomic E-state index is 0.344. The van der Waals surface area contributed by atoms with Gasteiger partial charge in [0.2, 0.25) is 0 Å². The van der Waals surface area contributed by atoms with Gasteiger partial charge in [0.1, 0.15) is 6.04 Å². The number of carboxylic acid groups (broad SMARTS) is 1. The van der Waals surface area contributed by atoms with E-state index in [1.165, 1.54) is 6.20 Å². The molecule has 1 aliphatic rings. The van der Waals surface area contributed by atoms with Crippen LogP contribution in [0.25, 0.3) is 0 Å². The summed E-state index contributed by atoms with van der Waals surface area (Å²) in [6, 6.07) is 2.22. The summed E-state index contributed by atoms with van der Waals surface area (Å²) in [7, 11) is 0. The van der Waals surface area contributed by atoms with Gasteiger partial charge in [-0.05, 0) is 44.6 Å². The van der Waals surface area contributed by atoms with Gasteiger partial charge < -0.3 is 15.3 Å². The maximum absolute atomic E-state index is 12.2. The Bertz CT molecular complexity index is 530. The predicted octanol–water partition coefficient (Wildman–Crippen LogP) is 1.05. The molecule has 22 heavy (non-hydrogen) atoms. The molecule has 1 amide bonds. The number of nitrogens with zero attached hydrogens (tertiary/aromatic N) is 2. The molecule has 0 unspecified atom stereocenters. The predicted molar refractivity (Wildman–Crippen MR) is 86.2 cm³/mol. The van der Waals surface area contributed by atoms with Crippen molar-refractivity contribution in [3.8, 4) is 0 Å². The van der Waals surface area contributed by atoms with Gasteiger partial charge in [0, 0.05) is 17.1 Å². The fourth-order valence-electron chi connectivity index (χ4n) is 2.68. The van der Waals surface area contributed by atoms with Gasteiger partial charge in [0.25, 0.3) is 5.91 Å². The average Bonchev–Trinajstić information content (AvgIpc) is 2.53. The summed E-state index contributed by atoms with van der Waals surface area (Å²) in [5.41, 5.74) is 0.344. The molecular formula is C15H21N3O3S. The molecule has 2 N–H and O–H groups in total. The fraction of sp³-hybridized carbons (Fsp3) is 0.533. The molecule has 1 aliphatic heterocycles. The molecule has 7 heteroatoms. The Kier molecular flexibility index (Phi) is 5.42. The molecule has 0 saturated carbocycles. The Morgan fingerprint density at radius 2 is 2.18 bits per heavy atom. The van der Waals surface area contributed by atoms with E-state index in [9.17, 15) is 14.7 Å². The number of aromatic nitrogens is 1. The third kappa shape index (κ3) is 3.78. The first-order chi connectivity index (χ1) is 10.5. The Morgan fingerprint density at radius 1 is 1.50 bits per heavy atom. The molecule has 2 heterocycles. The SMILES string of the molecule is CCN1CCC(S)([C@H](NC(=O)c2cccnc2)C(=O)O)CC1. The van der Waals surface area contributed by atoms with E-state index >= 15 is 0 Å². The first-order valence-corrected chi connectivity index (χ1v) is 7.79. The molecule has 0 spiro atoms. The quantitative estimate of drug-likeness (QED) is 0.706. The topological polar surface area (TPSA) is 82.5 Å². The number of aliphatic carboxylic acids is 1. The van der Waals surface area contributed by atoms with E-state index in [4.69, 9.17) is 0 Å². The van der Waals surface area contributed by atoms with Crippen molar-refractivity contribution in [3.05, 3.63) is 30.1 Å². The average molecular weight is 323 g/mol. The summed E-state index contributed by atoms with van der Waals surface area (Å²) in [5, 5.41) is 12.1. The molecule has 0 aromatic carbocycles. The number of nitrogens with one attached hydrogen (secondary N) is 1. The molecule has 1 fully saturated rings. The van der Waals surface area contributed by atoms with Gasteiger partial charge in [-0.25, -0.2) is 4.79 Å². The monoisotopic (exact) mass is 323 g/mol. The normalized spacial score (nSPS) is 19.4. The van der Waals surface area contributed by atoms with Crippen molar-refractivity contribution in [1.29, 1.82) is 0 Å². The molecule has 0 aliphatic carbocycles. The van der Waals surface area contributed by atoms with Crippen LogP contribution in [0.2, 0.25) is 0 Å². The van der Waals surface area contributed by atoms with Gasteiger partial charge in [-0.3, -0.25) is 9.78 Å². The number of amides is 1. The highest BCUT2D eigenvalue weighted by Crippen LogP contribution is 2.32. The van der Waals surface area contributed by atoms with Crippen LogP contribution in [0.4, 0.5) is 0 Å². The number of likely N-dealkylation sites (tertiary alicyclic amines) is 1. The second-order valence-electron chi connectivity index (χ2n) is 5.52. The van der Waals surface area contributed by atoms with Crippen molar-refractivity contribution >= 4 is 24.5 Å². The number of carbonyl (C=O) groups is 2. The zero-order valence-corrected chi connectivity index (χ0v) is 13.4. The highest BCUT2D eigenvalue weighted by Gasteiger charge is 2.43. The number of carbonyl (C=O) groups excluding carboxylic acids is 1. The molecule has 120 valence electrons. The number of pyridine rings is 1. The number of carboxylic acids is 1. The van der Waals surface area contributed by atoms with Gasteiger partial charge in [-0.1, -0.05) is 6.92 Å². The Hall–Kier alpha value is -1.60. The highest BCUT2D eigenvalue weighted by molar-refractivity contribution is 7.82. The summed E-state index contributed by atoms with van der Waals surface area (Å²) in [4.78, 5) is 30.0. The number of rotatable bonds is 5. The number of hydrogen-bond donors (Lipinski definition) is 3. The summed E-state index contributed by atoms with van der Waals surface area (Å²) in [6.45, 7) is 4.58. The molecule has 1 saturated heterocycles. The van der Waals surface area contributed by atoms with E-state index < -0.39 is 22.7 Å². The lowest BCUT2D eigenvalue weighted by molar-refractivity contribution is -0.140. The van der Waals surface area contributed by atoms with Crippen LogP contribution < -0.4 is 5.32 Å². The maximum atomic E-state index is 12.2. The van der Waals surface area contributed by atoms with Gasteiger partial charge in [-0.2, -0.15) is 12.6 Å². The maximum Gasteiger partial charge on any atom is 0.327 e. The largest absolute Gasteiger partial charge is 0.480 e. The zero-order chi connectivity index (χ0) is 16.2. The van der Waals surface area contributed by atoms with Gasteiger partial charge in [0.05, 0.1) is 5.56 Å². The van der Waals surface area contributed by atoms with Gasteiger partial charge in [0.15, 0.2) is 0 Å². The van der Waals surface area contributed by atoms with E-state index in [-0.39, 0.29) is 0 Å². The van der Waals surface area contributed by atoms with Crippen molar-refractivity contribution in [2.45, 2.75) is 30.6 Å².